The number of rotatable bonds is 8. The zero-order chi connectivity index (χ0) is 16.7. The Kier molecular flexibility index (Phi) is 6.74. The minimum absolute atomic E-state index is 0.269. The maximum atomic E-state index is 13.2. The molecule has 122 valence electrons. The van der Waals surface area contributed by atoms with Gasteiger partial charge in [-0.15, -0.1) is 6.58 Å². The van der Waals surface area contributed by atoms with Crippen molar-refractivity contribution in [2.45, 2.75) is 11.8 Å². The second-order valence-corrected chi connectivity index (χ2v) is 10.2. The summed E-state index contributed by atoms with van der Waals surface area (Å²) in [5, 5.41) is 2.03. The highest BCUT2D eigenvalue weighted by atomic mass is 31.2. The van der Waals surface area contributed by atoms with E-state index in [1.807, 2.05) is 36.4 Å². The predicted molar refractivity (Wildman–Crippen MR) is 99.3 cm³/mol. The standard InChI is InChI=1S/C18H22O3P2/c1-4-11-18(23(19,20-2)21-3)22(16-12-7-5-8-13-16)17-14-9-6-10-15-17/h4-10,12-15,18H,1,11H2,2-3H3. The normalized spacial score (nSPS) is 13.0. The molecule has 0 saturated heterocycles. The van der Waals surface area contributed by atoms with Crippen molar-refractivity contribution in [1.29, 1.82) is 0 Å². The molecule has 0 spiro atoms. The number of hydrogen-bond acceptors (Lipinski definition) is 3. The van der Waals surface area contributed by atoms with E-state index in [1.54, 1.807) is 6.08 Å². The Bertz CT molecular complexity index is 611. The Balaban J connectivity index is 2.59. The van der Waals surface area contributed by atoms with Crippen molar-refractivity contribution in [2.75, 3.05) is 14.2 Å². The number of allylic oxidation sites excluding steroid dienone is 1. The van der Waals surface area contributed by atoms with E-state index in [0.717, 1.165) is 10.6 Å². The van der Waals surface area contributed by atoms with Gasteiger partial charge in [-0.2, -0.15) is 0 Å². The second kappa shape index (κ2) is 8.57. The number of hydrogen-bond donors (Lipinski definition) is 0. The molecule has 0 saturated carbocycles. The van der Waals surface area contributed by atoms with E-state index in [0.29, 0.717) is 6.42 Å². The lowest BCUT2D eigenvalue weighted by molar-refractivity contribution is 0.273. The largest absolute Gasteiger partial charge is 0.338 e. The Morgan fingerprint density at radius 2 is 1.43 bits per heavy atom. The molecule has 1 atom stereocenters. The molecule has 0 amide bonds. The van der Waals surface area contributed by atoms with Gasteiger partial charge in [-0.05, 0) is 25.0 Å². The molecular weight excluding hydrogens is 326 g/mol. The average Bonchev–Trinajstić information content (AvgIpc) is 2.62. The van der Waals surface area contributed by atoms with Crippen LogP contribution in [-0.4, -0.2) is 19.6 Å². The summed E-state index contributed by atoms with van der Waals surface area (Å²) in [7, 11) is -1.24. The van der Waals surface area contributed by atoms with Crippen LogP contribution in [0.4, 0.5) is 0 Å². The third-order valence-corrected chi connectivity index (χ3v) is 9.63. The van der Waals surface area contributed by atoms with Crippen LogP contribution in [0, 0.1) is 0 Å². The zero-order valence-corrected chi connectivity index (χ0v) is 15.3. The van der Waals surface area contributed by atoms with Gasteiger partial charge in [0.2, 0.25) is 0 Å². The molecule has 2 aromatic rings. The van der Waals surface area contributed by atoms with Crippen LogP contribution in [0.5, 0.6) is 0 Å². The summed E-state index contributed by atoms with van der Waals surface area (Å²) in [6, 6.07) is 20.3. The summed E-state index contributed by atoms with van der Waals surface area (Å²) in [5.41, 5.74) is 0. The SMILES string of the molecule is C=CCC(P(c1ccccc1)c1ccccc1)P(=O)(OC)OC. The van der Waals surface area contributed by atoms with E-state index >= 15 is 0 Å². The quantitative estimate of drug-likeness (QED) is 0.520. The first kappa shape index (κ1) is 18.1. The van der Waals surface area contributed by atoms with Gasteiger partial charge in [0.15, 0.2) is 0 Å². The molecule has 0 aromatic heterocycles. The predicted octanol–water partition coefficient (Wildman–Crippen LogP) is 4.51. The van der Waals surface area contributed by atoms with E-state index in [-0.39, 0.29) is 5.40 Å². The first-order valence-electron chi connectivity index (χ1n) is 7.37. The molecule has 0 N–H and O–H groups in total. The molecule has 0 radical (unpaired) electrons. The molecule has 0 aliphatic heterocycles. The van der Waals surface area contributed by atoms with Crippen LogP contribution in [0.1, 0.15) is 6.42 Å². The zero-order valence-electron chi connectivity index (χ0n) is 13.5. The Morgan fingerprint density at radius 3 is 1.78 bits per heavy atom. The summed E-state index contributed by atoms with van der Waals surface area (Å²) in [5.74, 6) is 0. The fourth-order valence-electron chi connectivity index (χ4n) is 2.51. The maximum Gasteiger partial charge on any atom is 0.338 e. The smallest absolute Gasteiger partial charge is 0.311 e. The van der Waals surface area contributed by atoms with Gasteiger partial charge in [-0.1, -0.05) is 66.7 Å². The van der Waals surface area contributed by atoms with Crippen molar-refractivity contribution in [3.8, 4) is 0 Å². The van der Waals surface area contributed by atoms with E-state index in [4.69, 9.17) is 9.05 Å². The van der Waals surface area contributed by atoms with E-state index in [2.05, 4.69) is 30.8 Å². The first-order valence-corrected chi connectivity index (χ1v) is 10.4. The Labute approximate surface area is 139 Å². The average molecular weight is 348 g/mol. The van der Waals surface area contributed by atoms with Crippen LogP contribution >= 0.6 is 15.5 Å². The van der Waals surface area contributed by atoms with E-state index < -0.39 is 15.5 Å². The lowest BCUT2D eigenvalue weighted by Gasteiger charge is -2.31. The molecule has 3 nitrogen and oxygen atoms in total. The summed E-state index contributed by atoms with van der Waals surface area (Å²) in [6.45, 7) is 3.83. The van der Waals surface area contributed by atoms with Gasteiger partial charge < -0.3 is 9.05 Å². The summed E-state index contributed by atoms with van der Waals surface area (Å²) in [4.78, 5) is 0. The van der Waals surface area contributed by atoms with Crippen molar-refractivity contribution >= 4 is 26.1 Å². The molecular formula is C18H22O3P2. The van der Waals surface area contributed by atoms with Gasteiger partial charge in [0.25, 0.3) is 0 Å². The van der Waals surface area contributed by atoms with Crippen molar-refractivity contribution in [1.82, 2.24) is 0 Å². The molecule has 0 bridgehead atoms. The Hall–Kier alpha value is -1.24. The fraction of sp³-hybridized carbons (Fsp3) is 0.222. The molecule has 1 unspecified atom stereocenters. The highest BCUT2D eigenvalue weighted by Crippen LogP contribution is 2.64. The van der Waals surface area contributed by atoms with E-state index in [1.165, 1.54) is 14.2 Å². The topological polar surface area (TPSA) is 35.5 Å². The maximum absolute atomic E-state index is 13.2. The molecule has 0 heterocycles. The first-order chi connectivity index (χ1) is 11.2. The molecule has 0 aliphatic rings. The van der Waals surface area contributed by atoms with Crippen LogP contribution in [0.15, 0.2) is 73.3 Å². The summed E-state index contributed by atoms with van der Waals surface area (Å²) in [6.07, 6.45) is 2.35. The van der Waals surface area contributed by atoms with Gasteiger partial charge in [-0.3, -0.25) is 4.57 Å². The highest BCUT2D eigenvalue weighted by Gasteiger charge is 2.40. The minimum atomic E-state index is -3.24. The highest BCUT2D eigenvalue weighted by molar-refractivity contribution is 7.83. The van der Waals surface area contributed by atoms with Gasteiger partial charge >= 0.3 is 7.60 Å². The van der Waals surface area contributed by atoms with Crippen LogP contribution < -0.4 is 10.6 Å². The second-order valence-electron chi connectivity index (χ2n) is 4.95. The third kappa shape index (κ3) is 4.19. The fourth-order valence-corrected chi connectivity index (χ4v) is 8.39. The third-order valence-electron chi connectivity index (χ3n) is 3.62. The van der Waals surface area contributed by atoms with Gasteiger partial charge in [-0.25, -0.2) is 0 Å². The van der Waals surface area contributed by atoms with Crippen LogP contribution in [0.2, 0.25) is 0 Å². The van der Waals surface area contributed by atoms with Crippen molar-refractivity contribution in [3.63, 3.8) is 0 Å². The lowest BCUT2D eigenvalue weighted by atomic mass is 10.4. The van der Waals surface area contributed by atoms with Crippen molar-refractivity contribution < 1.29 is 13.6 Å². The molecule has 0 fully saturated rings. The van der Waals surface area contributed by atoms with Crippen LogP contribution in [0.25, 0.3) is 0 Å². The van der Waals surface area contributed by atoms with Crippen molar-refractivity contribution in [2.24, 2.45) is 0 Å². The van der Waals surface area contributed by atoms with Crippen LogP contribution in [-0.2, 0) is 13.6 Å². The van der Waals surface area contributed by atoms with Crippen molar-refractivity contribution in [3.05, 3.63) is 73.3 Å². The van der Waals surface area contributed by atoms with Gasteiger partial charge in [0, 0.05) is 14.2 Å². The number of benzene rings is 2. The summed E-state index contributed by atoms with van der Waals surface area (Å²) < 4.78 is 23.8. The molecule has 0 aliphatic carbocycles. The van der Waals surface area contributed by atoms with Gasteiger partial charge in [0.05, 0.1) is 5.40 Å². The molecule has 23 heavy (non-hydrogen) atoms. The van der Waals surface area contributed by atoms with E-state index in [9.17, 15) is 4.57 Å². The molecule has 5 heteroatoms. The minimum Gasteiger partial charge on any atom is -0.311 e. The lowest BCUT2D eigenvalue weighted by Crippen LogP contribution is -2.22. The van der Waals surface area contributed by atoms with Gasteiger partial charge in [0.1, 0.15) is 0 Å². The molecule has 2 rings (SSSR count). The summed E-state index contributed by atoms with van der Waals surface area (Å²) >= 11 is 0. The molecule has 2 aromatic carbocycles. The monoisotopic (exact) mass is 348 g/mol. The Morgan fingerprint density at radius 1 is 1.00 bits per heavy atom. The van der Waals surface area contributed by atoms with Crippen LogP contribution in [0.3, 0.4) is 0 Å².